The molecular weight excluding hydrogens is 190 g/mol. The predicted octanol–water partition coefficient (Wildman–Crippen LogP) is 1.78. The molecule has 0 aromatic heterocycles. The van der Waals surface area contributed by atoms with Crippen LogP contribution in [0.4, 0.5) is 0 Å². The normalized spacial score (nSPS) is 12.6. The van der Waals surface area contributed by atoms with Crippen LogP contribution in [-0.4, -0.2) is 27.8 Å². The summed E-state index contributed by atoms with van der Waals surface area (Å²) in [5.74, 6) is 1.58. The Morgan fingerprint density at radius 3 is 2.40 bits per heavy atom. The van der Waals surface area contributed by atoms with Gasteiger partial charge in [0.1, 0.15) is 0 Å². The molecule has 80 valence electrons. The molecule has 2 rings (SSSR count). The molecule has 1 aromatic rings. The molecule has 0 amide bonds. The minimum atomic E-state index is 0.788. The first-order valence-corrected chi connectivity index (χ1v) is 4.91. The smallest absolute Gasteiger partial charge is 0.161 e. The first-order valence-electron chi connectivity index (χ1n) is 4.91. The van der Waals surface area contributed by atoms with Crippen LogP contribution in [-0.2, 0) is 0 Å². The maximum Gasteiger partial charge on any atom is 0.161 e. The van der Waals surface area contributed by atoms with Crippen molar-refractivity contribution in [2.75, 3.05) is 27.8 Å². The molecule has 0 bridgehead atoms. The molecule has 0 saturated carbocycles. The Kier molecular flexibility index (Phi) is 2.64. The van der Waals surface area contributed by atoms with Gasteiger partial charge in [0, 0.05) is 6.54 Å². The van der Waals surface area contributed by atoms with E-state index in [0.717, 1.165) is 18.0 Å². The number of ether oxygens (including phenoxy) is 2. The standard InChI is InChI=1S/C12H15NO2/c1-13-7-9-4-8-5-11(14-2)12(15-3)6-10(8)9/h4-6,13H,7H2,1-3H3. The summed E-state index contributed by atoms with van der Waals surface area (Å²) in [7, 11) is 5.26. The lowest BCUT2D eigenvalue weighted by Gasteiger charge is -2.22. The van der Waals surface area contributed by atoms with Crippen molar-refractivity contribution in [3.8, 4) is 11.5 Å². The molecule has 1 aliphatic rings. The quantitative estimate of drug-likeness (QED) is 0.812. The number of fused-ring (bicyclic) bond motifs is 1. The first-order chi connectivity index (χ1) is 7.30. The van der Waals surface area contributed by atoms with Gasteiger partial charge >= 0.3 is 0 Å². The van der Waals surface area contributed by atoms with Crippen molar-refractivity contribution >= 4 is 11.6 Å². The Morgan fingerprint density at radius 2 is 1.80 bits per heavy atom. The van der Waals surface area contributed by atoms with Crippen LogP contribution < -0.4 is 14.8 Å². The SMILES string of the molecule is CNCC1=Cc2cc(OC)c(OC)cc21. The molecule has 0 heterocycles. The molecular formula is C12H15NO2. The van der Waals surface area contributed by atoms with Crippen molar-refractivity contribution in [1.29, 1.82) is 0 Å². The van der Waals surface area contributed by atoms with Crippen LogP contribution in [0.25, 0.3) is 11.6 Å². The van der Waals surface area contributed by atoms with E-state index in [4.69, 9.17) is 9.47 Å². The maximum absolute atomic E-state index is 5.26. The molecule has 0 spiro atoms. The molecule has 0 saturated heterocycles. The molecule has 0 atom stereocenters. The van der Waals surface area contributed by atoms with Crippen LogP contribution in [0.1, 0.15) is 11.1 Å². The number of hydrogen-bond acceptors (Lipinski definition) is 3. The highest BCUT2D eigenvalue weighted by atomic mass is 16.5. The maximum atomic E-state index is 5.26. The second-order valence-corrected chi connectivity index (χ2v) is 3.49. The minimum absolute atomic E-state index is 0.788. The van der Waals surface area contributed by atoms with Gasteiger partial charge in [0.2, 0.25) is 0 Å². The van der Waals surface area contributed by atoms with Gasteiger partial charge in [-0.25, -0.2) is 0 Å². The molecule has 0 aliphatic heterocycles. The van der Waals surface area contributed by atoms with E-state index in [2.05, 4.69) is 11.4 Å². The average molecular weight is 205 g/mol. The summed E-state index contributed by atoms with van der Waals surface area (Å²) >= 11 is 0. The third-order valence-corrected chi connectivity index (χ3v) is 2.60. The lowest BCUT2D eigenvalue weighted by molar-refractivity contribution is 0.354. The van der Waals surface area contributed by atoms with E-state index < -0.39 is 0 Å². The van der Waals surface area contributed by atoms with Gasteiger partial charge in [0.05, 0.1) is 14.2 Å². The second kappa shape index (κ2) is 3.95. The van der Waals surface area contributed by atoms with Crippen LogP contribution >= 0.6 is 0 Å². The van der Waals surface area contributed by atoms with Gasteiger partial charge < -0.3 is 14.8 Å². The largest absolute Gasteiger partial charge is 0.493 e. The van der Waals surface area contributed by atoms with Crippen molar-refractivity contribution in [3.63, 3.8) is 0 Å². The Bertz CT molecular complexity index is 410. The van der Waals surface area contributed by atoms with E-state index >= 15 is 0 Å². The summed E-state index contributed by atoms with van der Waals surface area (Å²) in [6.07, 6.45) is 2.16. The zero-order chi connectivity index (χ0) is 10.8. The molecule has 0 radical (unpaired) electrons. The van der Waals surface area contributed by atoms with Crippen LogP contribution in [0, 0.1) is 0 Å². The lowest BCUT2D eigenvalue weighted by atomic mass is 9.88. The van der Waals surface area contributed by atoms with Crippen LogP contribution in [0.15, 0.2) is 12.1 Å². The summed E-state index contributed by atoms with van der Waals surface area (Å²) in [6, 6.07) is 4.04. The van der Waals surface area contributed by atoms with E-state index in [9.17, 15) is 0 Å². The molecule has 3 nitrogen and oxygen atoms in total. The number of benzene rings is 1. The number of likely N-dealkylation sites (N-methyl/N-ethyl adjacent to an activating group) is 1. The minimum Gasteiger partial charge on any atom is -0.493 e. The first kappa shape index (κ1) is 10.1. The monoisotopic (exact) mass is 205 g/mol. The van der Waals surface area contributed by atoms with Crippen molar-refractivity contribution in [2.45, 2.75) is 0 Å². The van der Waals surface area contributed by atoms with Gasteiger partial charge in [-0.2, -0.15) is 0 Å². The van der Waals surface area contributed by atoms with Crippen molar-refractivity contribution in [1.82, 2.24) is 5.32 Å². The average Bonchev–Trinajstić information content (AvgIpc) is 2.25. The topological polar surface area (TPSA) is 30.5 Å². The second-order valence-electron chi connectivity index (χ2n) is 3.49. The Balaban J connectivity index is 2.33. The molecule has 1 aliphatic carbocycles. The van der Waals surface area contributed by atoms with Crippen molar-refractivity contribution in [3.05, 3.63) is 23.3 Å². The lowest BCUT2D eigenvalue weighted by Crippen LogP contribution is -2.14. The van der Waals surface area contributed by atoms with E-state index in [1.54, 1.807) is 14.2 Å². The summed E-state index contributed by atoms with van der Waals surface area (Å²) in [4.78, 5) is 0. The predicted molar refractivity (Wildman–Crippen MR) is 61.3 cm³/mol. The molecule has 0 fully saturated rings. The Labute approximate surface area is 89.7 Å². The molecule has 15 heavy (non-hydrogen) atoms. The number of hydrogen-bond donors (Lipinski definition) is 1. The van der Waals surface area contributed by atoms with Crippen LogP contribution in [0.3, 0.4) is 0 Å². The molecule has 1 aromatic carbocycles. The summed E-state index contributed by atoms with van der Waals surface area (Å²) in [6.45, 7) is 0.891. The van der Waals surface area contributed by atoms with E-state index in [1.165, 1.54) is 16.7 Å². The third kappa shape index (κ3) is 1.59. The van der Waals surface area contributed by atoms with Gasteiger partial charge in [-0.1, -0.05) is 0 Å². The van der Waals surface area contributed by atoms with Crippen LogP contribution in [0.2, 0.25) is 0 Å². The third-order valence-electron chi connectivity index (χ3n) is 2.60. The zero-order valence-corrected chi connectivity index (χ0v) is 9.26. The van der Waals surface area contributed by atoms with Crippen molar-refractivity contribution in [2.24, 2.45) is 0 Å². The molecule has 1 N–H and O–H groups in total. The fourth-order valence-corrected chi connectivity index (χ4v) is 1.82. The molecule has 0 unspecified atom stereocenters. The van der Waals surface area contributed by atoms with Gasteiger partial charge in [-0.05, 0) is 42.0 Å². The highest BCUT2D eigenvalue weighted by molar-refractivity contribution is 5.97. The highest BCUT2D eigenvalue weighted by Crippen LogP contribution is 2.40. The summed E-state index contributed by atoms with van der Waals surface area (Å²) in [5.41, 5.74) is 3.79. The summed E-state index contributed by atoms with van der Waals surface area (Å²) < 4.78 is 10.5. The fourth-order valence-electron chi connectivity index (χ4n) is 1.82. The van der Waals surface area contributed by atoms with Gasteiger partial charge in [0.15, 0.2) is 11.5 Å². The molecule has 3 heteroatoms. The number of nitrogens with one attached hydrogen (secondary N) is 1. The van der Waals surface area contributed by atoms with Gasteiger partial charge in [-0.15, -0.1) is 0 Å². The van der Waals surface area contributed by atoms with Gasteiger partial charge in [-0.3, -0.25) is 0 Å². The number of methoxy groups -OCH3 is 2. The highest BCUT2D eigenvalue weighted by Gasteiger charge is 2.19. The van der Waals surface area contributed by atoms with Crippen LogP contribution in [0.5, 0.6) is 11.5 Å². The fraction of sp³-hybridized carbons (Fsp3) is 0.333. The summed E-state index contributed by atoms with van der Waals surface area (Å²) in [5, 5.41) is 3.14. The van der Waals surface area contributed by atoms with E-state index in [1.807, 2.05) is 19.2 Å². The van der Waals surface area contributed by atoms with Crippen molar-refractivity contribution < 1.29 is 9.47 Å². The zero-order valence-electron chi connectivity index (χ0n) is 9.26. The van der Waals surface area contributed by atoms with E-state index in [0.29, 0.717) is 0 Å². The van der Waals surface area contributed by atoms with Gasteiger partial charge in [0.25, 0.3) is 0 Å². The van der Waals surface area contributed by atoms with E-state index in [-0.39, 0.29) is 0 Å². The Hall–Kier alpha value is -1.48. The number of rotatable bonds is 4. The Morgan fingerprint density at radius 1 is 1.13 bits per heavy atom.